The highest BCUT2D eigenvalue weighted by Gasteiger charge is 2.41. The standard InChI is InChI=1S/C10H16N2O.C2H6/c11-5-2-6-12-7-8-13-10(9-12)3-1-4-10;1-2/h1,3-4,6-9,11H2;1-2H3. The summed E-state index contributed by atoms with van der Waals surface area (Å²) in [5, 5.41) is 0. The number of hydrogen-bond donors (Lipinski definition) is 1. The monoisotopic (exact) mass is 210 g/mol. The van der Waals surface area contributed by atoms with E-state index in [4.69, 9.17) is 10.5 Å². The Morgan fingerprint density at radius 1 is 1.40 bits per heavy atom. The highest BCUT2D eigenvalue weighted by atomic mass is 16.5. The van der Waals surface area contributed by atoms with Crippen molar-refractivity contribution in [2.75, 3.05) is 26.2 Å². The molecule has 2 rings (SSSR count). The first-order valence-corrected chi connectivity index (χ1v) is 5.89. The Bertz CT molecular complexity index is 238. The number of rotatable bonds is 1. The highest BCUT2D eigenvalue weighted by molar-refractivity contribution is 5.01. The molecule has 3 nitrogen and oxygen atoms in total. The molecule has 0 aromatic carbocycles. The summed E-state index contributed by atoms with van der Waals surface area (Å²) in [6.45, 7) is 7.69. The van der Waals surface area contributed by atoms with Crippen LogP contribution >= 0.6 is 0 Å². The number of nitrogens with zero attached hydrogens (tertiary/aromatic N) is 1. The molecule has 0 amide bonds. The molecule has 0 unspecified atom stereocenters. The second kappa shape index (κ2) is 5.99. The molecule has 0 aromatic rings. The van der Waals surface area contributed by atoms with Crippen LogP contribution in [0.25, 0.3) is 0 Å². The molecular weight excluding hydrogens is 188 g/mol. The minimum atomic E-state index is 0.189. The average Bonchev–Trinajstić information content (AvgIpc) is 2.27. The zero-order chi connectivity index (χ0) is 11.1. The van der Waals surface area contributed by atoms with Gasteiger partial charge in [0.05, 0.1) is 18.8 Å². The SMILES string of the molecule is CC.NC#CCN1CCOC2(CCC2)C1. The summed E-state index contributed by atoms with van der Waals surface area (Å²) < 4.78 is 5.79. The molecule has 1 aliphatic carbocycles. The normalized spacial score (nSPS) is 23.1. The molecule has 0 aromatic heterocycles. The van der Waals surface area contributed by atoms with Crippen LogP contribution < -0.4 is 5.73 Å². The maximum atomic E-state index is 5.79. The summed E-state index contributed by atoms with van der Waals surface area (Å²) in [6.07, 6.45) is 3.76. The lowest BCUT2D eigenvalue weighted by Gasteiger charge is -2.48. The van der Waals surface area contributed by atoms with Gasteiger partial charge in [-0.1, -0.05) is 19.8 Å². The smallest absolute Gasteiger partial charge is 0.0809 e. The van der Waals surface area contributed by atoms with Gasteiger partial charge in [-0.15, -0.1) is 0 Å². The number of nitrogens with two attached hydrogens (primary N) is 1. The van der Waals surface area contributed by atoms with Crippen molar-refractivity contribution in [1.82, 2.24) is 4.90 Å². The molecule has 2 N–H and O–H groups in total. The summed E-state index contributed by atoms with van der Waals surface area (Å²) in [7, 11) is 0. The van der Waals surface area contributed by atoms with E-state index in [0.29, 0.717) is 0 Å². The van der Waals surface area contributed by atoms with E-state index in [1.54, 1.807) is 0 Å². The van der Waals surface area contributed by atoms with Crippen LogP contribution in [0, 0.1) is 12.0 Å². The Balaban J connectivity index is 0.000000531. The van der Waals surface area contributed by atoms with Crippen LogP contribution in [0.3, 0.4) is 0 Å². The molecule has 3 heteroatoms. The summed E-state index contributed by atoms with van der Waals surface area (Å²) >= 11 is 0. The van der Waals surface area contributed by atoms with Gasteiger partial charge in [-0.25, -0.2) is 0 Å². The van der Waals surface area contributed by atoms with Gasteiger partial charge in [0.2, 0.25) is 0 Å². The van der Waals surface area contributed by atoms with Gasteiger partial charge < -0.3 is 10.5 Å². The maximum Gasteiger partial charge on any atom is 0.0809 e. The summed E-state index contributed by atoms with van der Waals surface area (Å²) in [4.78, 5) is 2.34. The van der Waals surface area contributed by atoms with Crippen molar-refractivity contribution in [2.24, 2.45) is 5.73 Å². The Labute approximate surface area is 93.0 Å². The zero-order valence-electron chi connectivity index (χ0n) is 9.88. The first-order chi connectivity index (χ1) is 7.35. The fraction of sp³-hybridized carbons (Fsp3) is 0.833. The van der Waals surface area contributed by atoms with Crippen LogP contribution in [0.2, 0.25) is 0 Å². The van der Waals surface area contributed by atoms with Gasteiger partial charge in [0.1, 0.15) is 0 Å². The number of ether oxygens (including phenoxy) is 1. The molecule has 1 aliphatic heterocycles. The molecular formula is C12H22N2O. The van der Waals surface area contributed by atoms with Crippen molar-refractivity contribution in [3.63, 3.8) is 0 Å². The first-order valence-electron chi connectivity index (χ1n) is 5.89. The van der Waals surface area contributed by atoms with E-state index in [0.717, 1.165) is 26.2 Å². The number of hydrogen-bond acceptors (Lipinski definition) is 3. The molecule has 0 atom stereocenters. The third kappa shape index (κ3) is 3.12. The molecule has 1 saturated carbocycles. The van der Waals surface area contributed by atoms with Crippen LogP contribution in [0.15, 0.2) is 0 Å². The topological polar surface area (TPSA) is 38.5 Å². The van der Waals surface area contributed by atoms with E-state index in [2.05, 4.69) is 16.9 Å². The molecule has 1 saturated heterocycles. The van der Waals surface area contributed by atoms with Gasteiger partial charge in [-0.2, -0.15) is 0 Å². The molecule has 2 fully saturated rings. The van der Waals surface area contributed by atoms with Crippen molar-refractivity contribution in [2.45, 2.75) is 38.7 Å². The molecule has 15 heavy (non-hydrogen) atoms. The molecule has 2 aliphatic rings. The van der Waals surface area contributed by atoms with Gasteiger partial charge in [-0.3, -0.25) is 4.90 Å². The maximum absolute atomic E-state index is 5.79. The van der Waals surface area contributed by atoms with Gasteiger partial charge in [0.15, 0.2) is 0 Å². The lowest BCUT2D eigenvalue weighted by Crippen LogP contribution is -2.55. The van der Waals surface area contributed by atoms with E-state index in [1.165, 1.54) is 19.3 Å². The van der Waals surface area contributed by atoms with Crippen molar-refractivity contribution in [3.8, 4) is 12.0 Å². The van der Waals surface area contributed by atoms with Crippen LogP contribution in [0.1, 0.15) is 33.1 Å². The summed E-state index contributed by atoms with van der Waals surface area (Å²) in [6, 6.07) is 2.45. The Morgan fingerprint density at radius 3 is 2.67 bits per heavy atom. The predicted molar refractivity (Wildman–Crippen MR) is 62.3 cm³/mol. The largest absolute Gasteiger partial charge is 0.372 e. The van der Waals surface area contributed by atoms with Gasteiger partial charge >= 0.3 is 0 Å². The fourth-order valence-electron chi connectivity index (χ4n) is 2.09. The molecule has 0 bridgehead atoms. The molecule has 86 valence electrons. The van der Waals surface area contributed by atoms with Gasteiger partial charge in [-0.05, 0) is 19.3 Å². The van der Waals surface area contributed by atoms with Crippen LogP contribution in [0.4, 0.5) is 0 Å². The van der Waals surface area contributed by atoms with Crippen molar-refractivity contribution < 1.29 is 4.74 Å². The van der Waals surface area contributed by atoms with E-state index in [9.17, 15) is 0 Å². The minimum absolute atomic E-state index is 0.189. The predicted octanol–water partition coefficient (Wildman–Crippen LogP) is 1.19. The second-order valence-corrected chi connectivity index (χ2v) is 3.92. The second-order valence-electron chi connectivity index (χ2n) is 3.92. The molecule has 0 radical (unpaired) electrons. The van der Waals surface area contributed by atoms with Crippen LogP contribution in [-0.2, 0) is 4.74 Å². The van der Waals surface area contributed by atoms with Crippen molar-refractivity contribution in [3.05, 3.63) is 0 Å². The zero-order valence-corrected chi connectivity index (χ0v) is 9.88. The van der Waals surface area contributed by atoms with Crippen LogP contribution in [0.5, 0.6) is 0 Å². The van der Waals surface area contributed by atoms with Crippen LogP contribution in [-0.4, -0.2) is 36.7 Å². The van der Waals surface area contributed by atoms with E-state index < -0.39 is 0 Å². The van der Waals surface area contributed by atoms with Crippen molar-refractivity contribution >= 4 is 0 Å². The number of morpholine rings is 1. The van der Waals surface area contributed by atoms with Gasteiger partial charge in [0.25, 0.3) is 0 Å². The first kappa shape index (κ1) is 12.4. The van der Waals surface area contributed by atoms with E-state index in [1.807, 2.05) is 13.8 Å². The summed E-state index contributed by atoms with van der Waals surface area (Å²) in [5.41, 5.74) is 5.33. The summed E-state index contributed by atoms with van der Waals surface area (Å²) in [5.74, 6) is 2.90. The molecule has 1 spiro atoms. The van der Waals surface area contributed by atoms with Gasteiger partial charge in [0, 0.05) is 19.1 Å². The van der Waals surface area contributed by atoms with E-state index >= 15 is 0 Å². The third-order valence-corrected chi connectivity index (χ3v) is 3.00. The minimum Gasteiger partial charge on any atom is -0.372 e. The Kier molecular flexibility index (Phi) is 4.93. The Morgan fingerprint density at radius 2 is 2.13 bits per heavy atom. The van der Waals surface area contributed by atoms with Crippen molar-refractivity contribution in [1.29, 1.82) is 0 Å². The third-order valence-electron chi connectivity index (χ3n) is 3.00. The lowest BCUT2D eigenvalue weighted by atomic mass is 9.79. The highest BCUT2D eigenvalue weighted by Crippen LogP contribution is 2.37. The molecule has 1 heterocycles. The lowest BCUT2D eigenvalue weighted by molar-refractivity contribution is -0.148. The Hall–Kier alpha value is -0.720. The average molecular weight is 210 g/mol. The quantitative estimate of drug-likeness (QED) is 0.522. The van der Waals surface area contributed by atoms with E-state index in [-0.39, 0.29) is 5.60 Å². The fourth-order valence-corrected chi connectivity index (χ4v) is 2.09.